The van der Waals surface area contributed by atoms with E-state index in [1.54, 1.807) is 6.92 Å². The van der Waals surface area contributed by atoms with Crippen LogP contribution in [0.1, 0.15) is 30.4 Å². The van der Waals surface area contributed by atoms with Gasteiger partial charge >= 0.3 is 17.4 Å². The van der Waals surface area contributed by atoms with Crippen molar-refractivity contribution in [2.24, 2.45) is 22.9 Å². The second-order valence-corrected chi connectivity index (χ2v) is 8.26. The zero-order valence-electron chi connectivity index (χ0n) is 15.8. The van der Waals surface area contributed by atoms with Crippen molar-refractivity contribution in [2.75, 3.05) is 0 Å². The predicted octanol–water partition coefficient (Wildman–Crippen LogP) is 5.63. The summed E-state index contributed by atoms with van der Waals surface area (Å²) in [5.74, 6) is -7.99. The number of hydrogen-bond donors (Lipinski definition) is 0. The second kappa shape index (κ2) is 8.58. The molecule has 0 heterocycles. The van der Waals surface area contributed by atoms with Crippen molar-refractivity contribution in [3.63, 3.8) is 0 Å². The van der Waals surface area contributed by atoms with E-state index in [-0.39, 0.29) is 25.0 Å². The highest BCUT2D eigenvalue weighted by atomic mass is 32.2. The lowest BCUT2D eigenvalue weighted by molar-refractivity contribution is -0.464. The fourth-order valence-corrected chi connectivity index (χ4v) is 4.26. The summed E-state index contributed by atoms with van der Waals surface area (Å²) in [5, 5.41) is 1.55. The molecule has 0 spiro atoms. The van der Waals surface area contributed by atoms with Gasteiger partial charge in [0.1, 0.15) is 17.8 Å². The number of aryl methyl sites for hydroxylation is 1. The lowest BCUT2D eigenvalue weighted by Gasteiger charge is -2.33. The molecule has 2 aliphatic rings. The lowest BCUT2D eigenvalue weighted by atomic mass is 9.83. The minimum Gasteiger partial charge on any atom is -0.299 e. The summed E-state index contributed by atoms with van der Waals surface area (Å²) in [6.07, 6.45) is -5.39. The van der Waals surface area contributed by atoms with Crippen LogP contribution in [0, 0.1) is 24.7 Å². The molecule has 3 rings (SSSR count). The standard InChI is InChI=1S/C18H16F7NO4S/c1-9-2-4-10(5-3-9)15(17(21,22)23)26-28-29-30-31-18(24,25)16(19,20)13-7-12-6-11(13)8-14(12)27/h2-5,11-13H,6-8H2,1H3/b26-15-. The zero-order valence-corrected chi connectivity index (χ0v) is 16.6. The van der Waals surface area contributed by atoms with Crippen molar-refractivity contribution in [3.8, 4) is 0 Å². The molecule has 2 aliphatic carbocycles. The van der Waals surface area contributed by atoms with E-state index in [1.165, 1.54) is 12.1 Å². The van der Waals surface area contributed by atoms with Crippen LogP contribution in [0.15, 0.2) is 29.4 Å². The van der Waals surface area contributed by atoms with Crippen LogP contribution < -0.4 is 0 Å². The van der Waals surface area contributed by atoms with Gasteiger partial charge in [-0.1, -0.05) is 29.8 Å². The third kappa shape index (κ3) is 4.98. The van der Waals surface area contributed by atoms with Gasteiger partial charge in [-0.25, -0.2) is 0 Å². The highest BCUT2D eigenvalue weighted by molar-refractivity contribution is 7.95. The minimum atomic E-state index is -4.98. The smallest absolute Gasteiger partial charge is 0.299 e. The van der Waals surface area contributed by atoms with Crippen molar-refractivity contribution in [1.82, 2.24) is 0 Å². The number of fused-ring (bicyclic) bond motifs is 2. The average molecular weight is 475 g/mol. The Morgan fingerprint density at radius 2 is 1.71 bits per heavy atom. The van der Waals surface area contributed by atoms with Crippen LogP contribution in [0.5, 0.6) is 0 Å². The Hall–Kier alpha value is -1.86. The summed E-state index contributed by atoms with van der Waals surface area (Å²) in [4.78, 5) is 15.3. The quantitative estimate of drug-likeness (QED) is 0.122. The van der Waals surface area contributed by atoms with Gasteiger partial charge in [0.2, 0.25) is 0 Å². The van der Waals surface area contributed by atoms with E-state index < -0.39 is 58.4 Å². The number of ketones is 1. The maximum atomic E-state index is 14.3. The first kappa shape index (κ1) is 23.8. The summed E-state index contributed by atoms with van der Waals surface area (Å²) >= 11 is -1.11. The van der Waals surface area contributed by atoms with Crippen LogP contribution in [0.2, 0.25) is 0 Å². The van der Waals surface area contributed by atoms with E-state index in [2.05, 4.69) is 19.5 Å². The molecule has 0 amide bonds. The van der Waals surface area contributed by atoms with Gasteiger partial charge in [0.15, 0.2) is 5.71 Å². The molecular formula is C18H16F7NO4S. The number of halogens is 7. The van der Waals surface area contributed by atoms with Crippen LogP contribution in [-0.2, 0) is 19.2 Å². The molecule has 1 aromatic rings. The molecule has 13 heteroatoms. The van der Waals surface area contributed by atoms with Crippen molar-refractivity contribution in [1.29, 1.82) is 0 Å². The number of hydrogen-bond acceptors (Lipinski definition) is 6. The summed E-state index contributed by atoms with van der Waals surface area (Å²) in [7, 11) is 0. The monoisotopic (exact) mass is 475 g/mol. The Bertz CT molecular complexity index is 844. The molecule has 3 unspecified atom stereocenters. The lowest BCUT2D eigenvalue weighted by Crippen LogP contribution is -2.47. The van der Waals surface area contributed by atoms with Gasteiger partial charge < -0.3 is 0 Å². The van der Waals surface area contributed by atoms with Crippen molar-refractivity contribution in [2.45, 2.75) is 43.5 Å². The fourth-order valence-electron chi connectivity index (χ4n) is 3.85. The second-order valence-electron chi connectivity index (χ2n) is 7.44. The molecule has 1 aromatic carbocycles. The van der Waals surface area contributed by atoms with E-state index in [0.717, 1.165) is 12.1 Å². The average Bonchev–Trinajstić information content (AvgIpc) is 3.24. The maximum absolute atomic E-state index is 14.3. The third-order valence-electron chi connectivity index (χ3n) is 5.39. The number of alkyl halides is 7. The van der Waals surface area contributed by atoms with Crippen molar-refractivity contribution >= 4 is 23.5 Å². The molecule has 2 saturated carbocycles. The molecule has 2 fully saturated rings. The summed E-state index contributed by atoms with van der Waals surface area (Å²) in [5.41, 5.74) is -1.29. The Labute approximate surface area is 176 Å². The van der Waals surface area contributed by atoms with Gasteiger partial charge in [0.05, 0.1) is 0 Å². The van der Waals surface area contributed by atoms with Gasteiger partial charge in [0, 0.05) is 28.9 Å². The number of nitrogens with zero attached hydrogens (tertiary/aromatic N) is 1. The number of rotatable bonds is 8. The van der Waals surface area contributed by atoms with Crippen molar-refractivity contribution < 1.29 is 49.9 Å². The number of Topliss-reactive ketones (excluding diaryl/α,β-unsaturated/α-hetero) is 1. The molecular weight excluding hydrogens is 459 g/mol. The highest BCUT2D eigenvalue weighted by Crippen LogP contribution is 2.58. The molecule has 0 aromatic heterocycles. The zero-order chi connectivity index (χ0) is 23.0. The Morgan fingerprint density at radius 1 is 1.06 bits per heavy atom. The highest BCUT2D eigenvalue weighted by Gasteiger charge is 2.67. The van der Waals surface area contributed by atoms with Crippen LogP contribution in [0.4, 0.5) is 30.7 Å². The largest absolute Gasteiger partial charge is 0.437 e. The number of carbonyl (C=O) groups excluding carboxylic acids is 1. The topological polar surface area (TPSA) is 57.1 Å². The fraction of sp³-hybridized carbons (Fsp3) is 0.556. The molecule has 2 bridgehead atoms. The Balaban J connectivity index is 1.57. The normalized spacial score (nSPS) is 24.7. The van der Waals surface area contributed by atoms with Crippen molar-refractivity contribution in [3.05, 3.63) is 35.4 Å². The Morgan fingerprint density at radius 3 is 2.23 bits per heavy atom. The first-order valence-electron chi connectivity index (χ1n) is 9.01. The van der Waals surface area contributed by atoms with E-state index in [4.69, 9.17) is 0 Å². The summed E-state index contributed by atoms with van der Waals surface area (Å²) in [6.45, 7) is 1.64. The molecule has 3 atom stereocenters. The number of carbonyl (C=O) groups is 1. The van der Waals surface area contributed by atoms with Gasteiger partial charge in [-0.15, -0.1) is 4.33 Å². The number of benzene rings is 1. The van der Waals surface area contributed by atoms with Crippen LogP contribution in [0.3, 0.4) is 0 Å². The molecule has 172 valence electrons. The molecule has 0 N–H and O–H groups in total. The van der Waals surface area contributed by atoms with Gasteiger partial charge in [0.25, 0.3) is 0 Å². The van der Waals surface area contributed by atoms with E-state index in [0.29, 0.717) is 5.56 Å². The van der Waals surface area contributed by atoms with Crippen LogP contribution in [-0.4, -0.2) is 28.8 Å². The van der Waals surface area contributed by atoms with Gasteiger partial charge in [-0.2, -0.15) is 35.7 Å². The molecule has 0 aliphatic heterocycles. The van der Waals surface area contributed by atoms with Gasteiger partial charge in [-0.05, 0) is 30.8 Å². The SMILES string of the molecule is Cc1ccc(/C(=N/OOOSC(F)(F)C(F)(F)C2CC3CC2CC3=O)C(F)(F)F)cc1. The summed E-state index contributed by atoms with van der Waals surface area (Å²) in [6, 6.07) is 4.93. The molecule has 5 nitrogen and oxygen atoms in total. The van der Waals surface area contributed by atoms with E-state index in [1.807, 2.05) is 0 Å². The van der Waals surface area contributed by atoms with Crippen LogP contribution in [0.25, 0.3) is 0 Å². The summed E-state index contributed by atoms with van der Waals surface area (Å²) < 4.78 is 99.6. The molecule has 0 radical (unpaired) electrons. The van der Waals surface area contributed by atoms with E-state index in [9.17, 15) is 35.5 Å². The van der Waals surface area contributed by atoms with E-state index >= 15 is 0 Å². The molecule has 31 heavy (non-hydrogen) atoms. The van der Waals surface area contributed by atoms with Crippen LogP contribution >= 0.6 is 12.0 Å². The first-order valence-corrected chi connectivity index (χ1v) is 9.76. The first-order chi connectivity index (χ1) is 14.3. The van der Waals surface area contributed by atoms with Gasteiger partial charge in [-0.3, -0.25) is 4.79 Å². The third-order valence-corrected chi connectivity index (χ3v) is 5.99. The predicted molar refractivity (Wildman–Crippen MR) is 93.8 cm³/mol. The number of oxime groups is 1. The Kier molecular flexibility index (Phi) is 6.59. The minimum absolute atomic E-state index is 0.133. The maximum Gasteiger partial charge on any atom is 0.437 e. The molecule has 0 saturated heterocycles.